The number of aryl methyl sites for hydroxylation is 1. The molecule has 1 aromatic rings. The summed E-state index contributed by atoms with van der Waals surface area (Å²) in [6, 6.07) is 0. The molecule has 0 aliphatic carbocycles. The molecule has 2 heterocycles. The summed E-state index contributed by atoms with van der Waals surface area (Å²) >= 11 is 1.53. The Morgan fingerprint density at radius 1 is 1.35 bits per heavy atom. The van der Waals surface area contributed by atoms with Gasteiger partial charge in [0.2, 0.25) is 15.9 Å². The molecule has 1 fully saturated rings. The normalized spacial score (nSPS) is 17.8. The van der Waals surface area contributed by atoms with E-state index in [0.717, 1.165) is 10.7 Å². The summed E-state index contributed by atoms with van der Waals surface area (Å²) in [5.41, 5.74) is 0.774. The molecule has 1 aliphatic rings. The highest BCUT2D eigenvalue weighted by Crippen LogP contribution is 2.10. The molecule has 1 saturated heterocycles. The number of piperazine rings is 1. The number of nitrogens with zero attached hydrogens (tertiary/aromatic N) is 3. The lowest BCUT2D eigenvalue weighted by atomic mass is 10.3. The highest BCUT2D eigenvalue weighted by atomic mass is 32.2. The molecule has 1 aromatic heterocycles. The predicted octanol–water partition coefficient (Wildman–Crippen LogP) is 0.569. The van der Waals surface area contributed by atoms with Gasteiger partial charge in [0.25, 0.3) is 0 Å². The molecule has 0 aromatic carbocycles. The molecule has 0 radical (unpaired) electrons. The molecule has 110 valence electrons. The van der Waals surface area contributed by atoms with Crippen LogP contribution in [0.15, 0.2) is 11.5 Å². The van der Waals surface area contributed by atoms with E-state index in [9.17, 15) is 13.2 Å². The smallest absolute Gasteiger partial charge is 0.246 e. The highest BCUT2D eigenvalue weighted by Gasteiger charge is 2.24. The van der Waals surface area contributed by atoms with Crippen molar-refractivity contribution in [1.29, 1.82) is 0 Å². The first-order chi connectivity index (χ1) is 9.36. The Balaban J connectivity index is 1.90. The van der Waals surface area contributed by atoms with Gasteiger partial charge < -0.3 is 4.90 Å². The third-order valence-electron chi connectivity index (χ3n) is 3.05. The second-order valence-corrected chi connectivity index (χ2v) is 7.66. The zero-order chi connectivity index (χ0) is 14.8. The van der Waals surface area contributed by atoms with Gasteiger partial charge in [0.15, 0.2) is 0 Å². The van der Waals surface area contributed by atoms with Crippen LogP contribution < -0.4 is 0 Å². The van der Waals surface area contributed by atoms with Gasteiger partial charge in [0, 0.05) is 37.6 Å². The van der Waals surface area contributed by atoms with Crippen molar-refractivity contribution >= 4 is 33.3 Å². The van der Waals surface area contributed by atoms with E-state index in [0.29, 0.717) is 26.2 Å². The fourth-order valence-electron chi connectivity index (χ4n) is 1.96. The molecule has 0 atom stereocenters. The Hall–Kier alpha value is -1.25. The number of hydrogen-bond donors (Lipinski definition) is 0. The zero-order valence-electron chi connectivity index (χ0n) is 11.4. The van der Waals surface area contributed by atoms with E-state index < -0.39 is 10.0 Å². The van der Waals surface area contributed by atoms with Gasteiger partial charge in [-0.1, -0.05) is 0 Å². The molecule has 20 heavy (non-hydrogen) atoms. The number of hydrogen-bond acceptors (Lipinski definition) is 5. The summed E-state index contributed by atoms with van der Waals surface area (Å²) in [6.07, 6.45) is 4.37. The summed E-state index contributed by atoms with van der Waals surface area (Å²) in [6.45, 7) is 3.47. The van der Waals surface area contributed by atoms with E-state index in [-0.39, 0.29) is 5.91 Å². The van der Waals surface area contributed by atoms with Crippen LogP contribution in [0.1, 0.15) is 10.7 Å². The summed E-state index contributed by atoms with van der Waals surface area (Å²) in [5, 5.41) is 2.85. The summed E-state index contributed by atoms with van der Waals surface area (Å²) in [5.74, 6) is -0.108. The highest BCUT2D eigenvalue weighted by molar-refractivity contribution is 7.88. The van der Waals surface area contributed by atoms with Crippen molar-refractivity contribution in [3.63, 3.8) is 0 Å². The first kappa shape index (κ1) is 15.1. The summed E-state index contributed by atoms with van der Waals surface area (Å²) in [4.78, 5) is 17.9. The van der Waals surface area contributed by atoms with Gasteiger partial charge >= 0.3 is 0 Å². The van der Waals surface area contributed by atoms with Crippen LogP contribution in [0.3, 0.4) is 0 Å². The third-order valence-corrected chi connectivity index (χ3v) is 5.15. The summed E-state index contributed by atoms with van der Waals surface area (Å²) < 4.78 is 24.1. The van der Waals surface area contributed by atoms with Crippen LogP contribution in [-0.2, 0) is 14.8 Å². The Labute approximate surface area is 122 Å². The van der Waals surface area contributed by atoms with E-state index >= 15 is 0 Å². The van der Waals surface area contributed by atoms with Crippen LogP contribution in [0.2, 0.25) is 0 Å². The van der Waals surface area contributed by atoms with E-state index in [1.54, 1.807) is 11.0 Å². The molecule has 1 aliphatic heterocycles. The molecule has 8 heteroatoms. The minimum Gasteiger partial charge on any atom is -0.337 e. The molecule has 6 nitrogen and oxygen atoms in total. The van der Waals surface area contributed by atoms with Gasteiger partial charge in [0.05, 0.1) is 17.0 Å². The molecule has 0 bridgehead atoms. The van der Waals surface area contributed by atoms with Gasteiger partial charge in [-0.25, -0.2) is 13.4 Å². The van der Waals surface area contributed by atoms with Crippen molar-refractivity contribution in [1.82, 2.24) is 14.2 Å². The molecule has 0 unspecified atom stereocenters. The van der Waals surface area contributed by atoms with Crippen LogP contribution in [-0.4, -0.2) is 60.9 Å². The Kier molecular flexibility index (Phi) is 4.56. The van der Waals surface area contributed by atoms with Crippen molar-refractivity contribution < 1.29 is 13.2 Å². The van der Waals surface area contributed by atoms with Gasteiger partial charge in [-0.3, -0.25) is 4.79 Å². The second-order valence-electron chi connectivity index (χ2n) is 4.61. The van der Waals surface area contributed by atoms with Crippen molar-refractivity contribution in [2.45, 2.75) is 6.92 Å². The maximum atomic E-state index is 12.0. The maximum absolute atomic E-state index is 12.0. The van der Waals surface area contributed by atoms with Crippen LogP contribution in [0.25, 0.3) is 6.08 Å². The number of carbonyl (C=O) groups excluding carboxylic acids is 1. The molecular weight excluding hydrogens is 298 g/mol. The fourth-order valence-corrected chi connectivity index (χ4v) is 3.37. The molecule has 0 spiro atoms. The first-order valence-corrected chi connectivity index (χ1v) is 8.93. The fraction of sp³-hybridized carbons (Fsp3) is 0.500. The number of amides is 1. The van der Waals surface area contributed by atoms with Gasteiger partial charge in [-0.05, 0) is 13.0 Å². The lowest BCUT2D eigenvalue weighted by Gasteiger charge is -2.32. The van der Waals surface area contributed by atoms with Crippen molar-refractivity contribution in [2.24, 2.45) is 0 Å². The summed E-state index contributed by atoms with van der Waals surface area (Å²) in [7, 11) is -3.16. The van der Waals surface area contributed by atoms with Gasteiger partial charge in [-0.15, -0.1) is 11.3 Å². The lowest BCUT2D eigenvalue weighted by molar-refractivity contribution is -0.127. The van der Waals surface area contributed by atoms with E-state index in [1.165, 1.54) is 28.0 Å². The second kappa shape index (κ2) is 6.02. The van der Waals surface area contributed by atoms with Crippen LogP contribution >= 0.6 is 11.3 Å². The molecule has 2 rings (SSSR count). The monoisotopic (exact) mass is 315 g/mol. The van der Waals surface area contributed by atoms with Gasteiger partial charge in [0.1, 0.15) is 0 Å². The number of thiazole rings is 1. The quantitative estimate of drug-likeness (QED) is 0.765. The average molecular weight is 315 g/mol. The topological polar surface area (TPSA) is 70.6 Å². The molecule has 1 amide bonds. The Bertz CT molecular complexity index is 614. The molecular formula is C12H17N3O3S2. The van der Waals surface area contributed by atoms with E-state index in [4.69, 9.17) is 0 Å². The largest absolute Gasteiger partial charge is 0.337 e. The SMILES string of the molecule is Cc1nc(/C=C/C(=O)N2CCN(S(C)(=O)=O)CC2)cs1. The Morgan fingerprint density at radius 3 is 2.50 bits per heavy atom. The maximum Gasteiger partial charge on any atom is 0.246 e. The minimum atomic E-state index is -3.16. The van der Waals surface area contributed by atoms with Crippen LogP contribution in [0.5, 0.6) is 0 Å². The van der Waals surface area contributed by atoms with Crippen LogP contribution in [0, 0.1) is 6.92 Å². The average Bonchev–Trinajstić information content (AvgIpc) is 2.81. The predicted molar refractivity (Wildman–Crippen MR) is 78.9 cm³/mol. The van der Waals surface area contributed by atoms with Crippen molar-refractivity contribution in [3.05, 3.63) is 22.2 Å². The first-order valence-electron chi connectivity index (χ1n) is 6.20. The number of carbonyl (C=O) groups is 1. The Morgan fingerprint density at radius 2 is 2.00 bits per heavy atom. The molecule has 0 saturated carbocycles. The van der Waals surface area contributed by atoms with Crippen molar-refractivity contribution in [3.8, 4) is 0 Å². The number of sulfonamides is 1. The van der Waals surface area contributed by atoms with E-state index in [2.05, 4.69) is 4.98 Å². The van der Waals surface area contributed by atoms with E-state index in [1.807, 2.05) is 12.3 Å². The zero-order valence-corrected chi connectivity index (χ0v) is 13.1. The van der Waals surface area contributed by atoms with Gasteiger partial charge in [-0.2, -0.15) is 4.31 Å². The van der Waals surface area contributed by atoms with Crippen LogP contribution in [0.4, 0.5) is 0 Å². The molecule has 0 N–H and O–H groups in total. The van der Waals surface area contributed by atoms with Crippen molar-refractivity contribution in [2.75, 3.05) is 32.4 Å². The number of rotatable bonds is 3. The minimum absolute atomic E-state index is 0.108. The third kappa shape index (κ3) is 3.87. The number of aromatic nitrogens is 1. The lowest BCUT2D eigenvalue weighted by Crippen LogP contribution is -2.49. The standard InChI is InChI=1S/C12H17N3O3S2/c1-10-13-11(9-19-10)3-4-12(16)14-5-7-15(8-6-14)20(2,17)18/h3-4,9H,5-8H2,1-2H3/b4-3+.